The third-order valence-electron chi connectivity index (χ3n) is 1.62. The summed E-state index contributed by atoms with van der Waals surface area (Å²) >= 11 is 0. The van der Waals surface area contributed by atoms with Crippen molar-refractivity contribution in [3.8, 4) is 0 Å². The molecule has 3 nitrogen and oxygen atoms in total. The Bertz CT molecular complexity index is 125. The fourth-order valence-corrected chi connectivity index (χ4v) is 1.00. The fraction of sp³-hybridized carbons (Fsp3) is 0.857. The lowest BCUT2D eigenvalue weighted by atomic mass is 10.2. The highest BCUT2D eigenvalue weighted by atomic mass is 16.7. The SMILES string of the molecule is CCN1CCCC(=O)CO1. The quantitative estimate of drug-likeness (QED) is 0.538. The van der Waals surface area contributed by atoms with Gasteiger partial charge in [-0.25, -0.2) is 0 Å². The molecule has 0 spiro atoms. The summed E-state index contributed by atoms with van der Waals surface area (Å²) in [6.45, 7) is 4.05. The van der Waals surface area contributed by atoms with Gasteiger partial charge in [-0.3, -0.25) is 9.63 Å². The number of carbonyl (C=O) groups excluding carboxylic acids is 1. The standard InChI is InChI=1S/C7H13NO2/c1-2-8-5-3-4-7(9)6-10-8/h2-6H2,1H3. The maximum Gasteiger partial charge on any atom is 0.160 e. The van der Waals surface area contributed by atoms with Crippen molar-refractivity contribution in [2.45, 2.75) is 19.8 Å². The molecule has 0 N–H and O–H groups in total. The van der Waals surface area contributed by atoms with Crippen molar-refractivity contribution in [3.05, 3.63) is 0 Å². The molecule has 1 saturated heterocycles. The Morgan fingerprint density at radius 3 is 3.20 bits per heavy atom. The van der Waals surface area contributed by atoms with Crippen molar-refractivity contribution in [2.75, 3.05) is 19.7 Å². The van der Waals surface area contributed by atoms with E-state index in [4.69, 9.17) is 4.84 Å². The lowest BCUT2D eigenvalue weighted by molar-refractivity contribution is -0.159. The maximum absolute atomic E-state index is 10.8. The first kappa shape index (κ1) is 7.69. The molecular formula is C7H13NO2. The van der Waals surface area contributed by atoms with Crippen LogP contribution in [0.2, 0.25) is 0 Å². The minimum atomic E-state index is 0.218. The second kappa shape index (κ2) is 3.68. The number of rotatable bonds is 1. The highest BCUT2D eigenvalue weighted by Crippen LogP contribution is 2.03. The highest BCUT2D eigenvalue weighted by molar-refractivity contribution is 5.79. The van der Waals surface area contributed by atoms with E-state index in [2.05, 4.69) is 0 Å². The topological polar surface area (TPSA) is 29.5 Å². The zero-order valence-electron chi connectivity index (χ0n) is 6.30. The summed E-state index contributed by atoms with van der Waals surface area (Å²) in [5, 5.41) is 1.84. The Labute approximate surface area is 60.9 Å². The van der Waals surface area contributed by atoms with Crippen molar-refractivity contribution in [1.82, 2.24) is 5.06 Å². The molecule has 0 bridgehead atoms. The van der Waals surface area contributed by atoms with Crippen LogP contribution in [0.5, 0.6) is 0 Å². The molecule has 1 fully saturated rings. The predicted molar refractivity (Wildman–Crippen MR) is 37.4 cm³/mol. The molecule has 1 heterocycles. The summed E-state index contributed by atoms with van der Waals surface area (Å²) < 4.78 is 0. The predicted octanol–water partition coefficient (Wildman–Crippen LogP) is 0.603. The number of hydrogen-bond donors (Lipinski definition) is 0. The molecule has 0 atom stereocenters. The Kier molecular flexibility index (Phi) is 2.83. The van der Waals surface area contributed by atoms with Gasteiger partial charge in [-0.1, -0.05) is 6.92 Å². The Balaban J connectivity index is 2.33. The van der Waals surface area contributed by atoms with Crippen molar-refractivity contribution in [1.29, 1.82) is 0 Å². The fourth-order valence-electron chi connectivity index (χ4n) is 1.00. The third-order valence-corrected chi connectivity index (χ3v) is 1.62. The number of nitrogens with zero attached hydrogens (tertiary/aromatic N) is 1. The molecule has 0 aromatic heterocycles. The number of ketones is 1. The zero-order valence-corrected chi connectivity index (χ0v) is 6.30. The summed E-state index contributed by atoms with van der Waals surface area (Å²) in [5.41, 5.74) is 0. The van der Waals surface area contributed by atoms with Gasteiger partial charge in [-0.15, -0.1) is 0 Å². The Hall–Kier alpha value is -0.410. The largest absolute Gasteiger partial charge is 0.297 e. The molecule has 10 heavy (non-hydrogen) atoms. The van der Waals surface area contributed by atoms with E-state index >= 15 is 0 Å². The molecule has 0 aliphatic carbocycles. The summed E-state index contributed by atoms with van der Waals surface area (Å²) in [4.78, 5) is 15.9. The summed E-state index contributed by atoms with van der Waals surface area (Å²) in [5.74, 6) is 0.218. The third kappa shape index (κ3) is 2.08. The molecule has 0 aromatic carbocycles. The van der Waals surface area contributed by atoms with Gasteiger partial charge in [0.1, 0.15) is 6.61 Å². The molecule has 1 aliphatic heterocycles. The van der Waals surface area contributed by atoms with Crippen LogP contribution in [-0.2, 0) is 9.63 Å². The van der Waals surface area contributed by atoms with E-state index in [0.29, 0.717) is 6.42 Å². The Morgan fingerprint density at radius 1 is 1.70 bits per heavy atom. The van der Waals surface area contributed by atoms with Crippen LogP contribution in [-0.4, -0.2) is 30.5 Å². The molecule has 0 saturated carbocycles. The van der Waals surface area contributed by atoms with Crippen LogP contribution < -0.4 is 0 Å². The number of Topliss-reactive ketones (excluding diaryl/α,β-unsaturated/α-hetero) is 1. The monoisotopic (exact) mass is 143 g/mol. The van der Waals surface area contributed by atoms with Gasteiger partial charge in [-0.05, 0) is 6.42 Å². The van der Waals surface area contributed by atoms with Gasteiger partial charge in [0.05, 0.1) is 0 Å². The first-order chi connectivity index (χ1) is 4.83. The summed E-state index contributed by atoms with van der Waals surface area (Å²) in [6, 6.07) is 0. The lowest BCUT2D eigenvalue weighted by Gasteiger charge is -2.15. The first-order valence-corrected chi connectivity index (χ1v) is 3.72. The number of hydrogen-bond acceptors (Lipinski definition) is 3. The molecule has 58 valence electrons. The van der Waals surface area contributed by atoms with Gasteiger partial charge < -0.3 is 0 Å². The van der Waals surface area contributed by atoms with Crippen LogP contribution in [0.25, 0.3) is 0 Å². The van der Waals surface area contributed by atoms with Crippen LogP contribution in [0.4, 0.5) is 0 Å². The second-order valence-electron chi connectivity index (χ2n) is 2.44. The summed E-state index contributed by atoms with van der Waals surface area (Å²) in [7, 11) is 0. The van der Waals surface area contributed by atoms with E-state index in [1.807, 2.05) is 12.0 Å². The smallest absolute Gasteiger partial charge is 0.160 e. The highest BCUT2D eigenvalue weighted by Gasteiger charge is 2.12. The van der Waals surface area contributed by atoms with Crippen LogP contribution in [0.3, 0.4) is 0 Å². The lowest BCUT2D eigenvalue weighted by Crippen LogP contribution is -2.23. The van der Waals surface area contributed by atoms with Gasteiger partial charge in [0.25, 0.3) is 0 Å². The van der Waals surface area contributed by atoms with Gasteiger partial charge >= 0.3 is 0 Å². The molecule has 0 radical (unpaired) electrons. The molecular weight excluding hydrogens is 130 g/mol. The normalized spacial score (nSPS) is 22.7. The van der Waals surface area contributed by atoms with E-state index in [1.54, 1.807) is 0 Å². The molecule has 0 amide bonds. The van der Waals surface area contributed by atoms with Crippen molar-refractivity contribution < 1.29 is 9.63 Å². The van der Waals surface area contributed by atoms with Crippen LogP contribution in [0, 0.1) is 0 Å². The maximum atomic E-state index is 10.8. The Morgan fingerprint density at radius 2 is 2.50 bits per heavy atom. The van der Waals surface area contributed by atoms with E-state index in [-0.39, 0.29) is 12.4 Å². The van der Waals surface area contributed by atoms with Crippen molar-refractivity contribution in [3.63, 3.8) is 0 Å². The van der Waals surface area contributed by atoms with Crippen molar-refractivity contribution >= 4 is 5.78 Å². The minimum Gasteiger partial charge on any atom is -0.297 e. The van der Waals surface area contributed by atoms with Gasteiger partial charge in [0.15, 0.2) is 5.78 Å². The van der Waals surface area contributed by atoms with Crippen LogP contribution in [0.15, 0.2) is 0 Å². The second-order valence-corrected chi connectivity index (χ2v) is 2.44. The van der Waals surface area contributed by atoms with E-state index in [1.165, 1.54) is 0 Å². The average Bonchev–Trinajstić information content (AvgIpc) is 2.14. The number of hydroxylamine groups is 2. The molecule has 1 rings (SSSR count). The van der Waals surface area contributed by atoms with Gasteiger partial charge in [-0.2, -0.15) is 5.06 Å². The van der Waals surface area contributed by atoms with Crippen LogP contribution in [0.1, 0.15) is 19.8 Å². The molecule has 1 aliphatic rings. The summed E-state index contributed by atoms with van der Waals surface area (Å²) in [6.07, 6.45) is 1.61. The molecule has 3 heteroatoms. The van der Waals surface area contributed by atoms with E-state index in [0.717, 1.165) is 19.5 Å². The van der Waals surface area contributed by atoms with E-state index < -0.39 is 0 Å². The number of carbonyl (C=O) groups is 1. The zero-order chi connectivity index (χ0) is 7.40. The molecule has 0 aromatic rings. The van der Waals surface area contributed by atoms with Gasteiger partial charge in [0, 0.05) is 19.5 Å². The average molecular weight is 143 g/mol. The van der Waals surface area contributed by atoms with Crippen LogP contribution >= 0.6 is 0 Å². The minimum absolute atomic E-state index is 0.218. The van der Waals surface area contributed by atoms with Gasteiger partial charge in [0.2, 0.25) is 0 Å². The molecule has 0 unspecified atom stereocenters. The first-order valence-electron chi connectivity index (χ1n) is 3.72. The van der Waals surface area contributed by atoms with E-state index in [9.17, 15) is 4.79 Å². The van der Waals surface area contributed by atoms with Crippen molar-refractivity contribution in [2.24, 2.45) is 0 Å².